The maximum atomic E-state index is 5.73. The standard InChI is InChI=1S/C22H35N5OS.HI/c1-5-23-22(24-13-16(2)20-7-6-12-29-20)25-14-19-8-10-27(11-9-19)15-21-26-17(3)18(4)28-21;/h6-7,12,16,19H,5,8-11,13-15H2,1-4H3,(H2,23,24,25);1H. The molecule has 1 unspecified atom stereocenters. The number of guanidine groups is 1. The summed E-state index contributed by atoms with van der Waals surface area (Å²) < 4.78 is 5.73. The second kappa shape index (κ2) is 12.7. The van der Waals surface area contributed by atoms with Crippen LogP contribution in [0.3, 0.4) is 0 Å². The van der Waals surface area contributed by atoms with Crippen LogP contribution in [0.15, 0.2) is 26.9 Å². The van der Waals surface area contributed by atoms with Crippen LogP contribution in [0.5, 0.6) is 0 Å². The van der Waals surface area contributed by atoms with Crippen LogP contribution in [-0.4, -0.2) is 48.6 Å². The number of hydrogen-bond acceptors (Lipinski definition) is 5. The molecule has 2 N–H and O–H groups in total. The van der Waals surface area contributed by atoms with Crippen molar-refractivity contribution in [3.05, 3.63) is 39.7 Å². The number of aryl methyl sites for hydroxylation is 2. The number of oxazole rings is 1. The maximum Gasteiger partial charge on any atom is 0.208 e. The highest BCUT2D eigenvalue weighted by Crippen LogP contribution is 2.21. The molecule has 0 bridgehead atoms. The number of nitrogens with one attached hydrogen (secondary N) is 2. The highest BCUT2D eigenvalue weighted by atomic mass is 127. The van der Waals surface area contributed by atoms with E-state index < -0.39 is 0 Å². The molecule has 3 rings (SSSR count). The van der Waals surface area contributed by atoms with E-state index in [1.807, 2.05) is 25.2 Å². The minimum atomic E-state index is 0. The Morgan fingerprint density at radius 1 is 1.33 bits per heavy atom. The summed E-state index contributed by atoms with van der Waals surface area (Å²) in [6.07, 6.45) is 2.38. The third-order valence-corrected chi connectivity index (χ3v) is 6.70. The molecule has 2 aromatic rings. The number of thiophene rings is 1. The van der Waals surface area contributed by atoms with Crippen molar-refractivity contribution in [2.24, 2.45) is 10.9 Å². The zero-order valence-corrected chi connectivity index (χ0v) is 21.8. The summed E-state index contributed by atoms with van der Waals surface area (Å²) in [5.41, 5.74) is 1.00. The molecule has 0 aliphatic carbocycles. The molecule has 3 heterocycles. The summed E-state index contributed by atoms with van der Waals surface area (Å²) in [5, 5.41) is 9.08. The quantitative estimate of drug-likeness (QED) is 0.290. The van der Waals surface area contributed by atoms with E-state index in [2.05, 4.69) is 51.9 Å². The van der Waals surface area contributed by atoms with Crippen LogP contribution >= 0.6 is 35.3 Å². The Morgan fingerprint density at radius 3 is 2.70 bits per heavy atom. The lowest BCUT2D eigenvalue weighted by Gasteiger charge is -2.31. The molecule has 0 saturated carbocycles. The lowest BCUT2D eigenvalue weighted by molar-refractivity contribution is 0.164. The first-order valence-electron chi connectivity index (χ1n) is 10.8. The minimum absolute atomic E-state index is 0. The van der Waals surface area contributed by atoms with E-state index in [-0.39, 0.29) is 24.0 Å². The SMILES string of the molecule is CCNC(=NCC(C)c1cccs1)NCC1CCN(Cc2nc(C)c(C)o2)CC1.I. The van der Waals surface area contributed by atoms with Crippen molar-refractivity contribution in [1.82, 2.24) is 20.5 Å². The molecule has 168 valence electrons. The van der Waals surface area contributed by atoms with Gasteiger partial charge in [-0.25, -0.2) is 4.98 Å². The van der Waals surface area contributed by atoms with Crippen molar-refractivity contribution in [2.45, 2.75) is 53.0 Å². The summed E-state index contributed by atoms with van der Waals surface area (Å²) in [7, 11) is 0. The first kappa shape index (κ1) is 25.1. The van der Waals surface area contributed by atoms with Crippen LogP contribution in [0.2, 0.25) is 0 Å². The normalized spacial score (nSPS) is 16.9. The van der Waals surface area contributed by atoms with E-state index in [1.165, 1.54) is 17.7 Å². The van der Waals surface area contributed by atoms with E-state index in [4.69, 9.17) is 9.41 Å². The van der Waals surface area contributed by atoms with Crippen LogP contribution < -0.4 is 10.6 Å². The predicted octanol–water partition coefficient (Wildman–Crippen LogP) is 4.54. The monoisotopic (exact) mass is 545 g/mol. The average Bonchev–Trinajstić information content (AvgIpc) is 3.35. The van der Waals surface area contributed by atoms with Crippen molar-refractivity contribution in [1.29, 1.82) is 0 Å². The smallest absolute Gasteiger partial charge is 0.208 e. The first-order chi connectivity index (χ1) is 14.0. The van der Waals surface area contributed by atoms with E-state index >= 15 is 0 Å². The molecule has 1 atom stereocenters. The molecular formula is C22H36IN5OS. The lowest BCUT2D eigenvalue weighted by atomic mass is 9.97. The predicted molar refractivity (Wildman–Crippen MR) is 136 cm³/mol. The van der Waals surface area contributed by atoms with Crippen LogP contribution in [0.1, 0.15) is 54.8 Å². The van der Waals surface area contributed by atoms with Gasteiger partial charge in [-0.3, -0.25) is 9.89 Å². The number of aromatic nitrogens is 1. The van der Waals surface area contributed by atoms with Gasteiger partial charge in [-0.1, -0.05) is 13.0 Å². The summed E-state index contributed by atoms with van der Waals surface area (Å²) >= 11 is 1.81. The molecule has 0 spiro atoms. The molecule has 1 fully saturated rings. The molecule has 30 heavy (non-hydrogen) atoms. The Bertz CT molecular complexity index is 749. The molecule has 0 radical (unpaired) electrons. The van der Waals surface area contributed by atoms with E-state index in [9.17, 15) is 0 Å². The van der Waals surface area contributed by atoms with Crippen molar-refractivity contribution in [3.8, 4) is 0 Å². The first-order valence-corrected chi connectivity index (χ1v) is 11.6. The van der Waals surface area contributed by atoms with Gasteiger partial charge in [-0.2, -0.15) is 0 Å². The second-order valence-corrected chi connectivity index (χ2v) is 8.96. The zero-order chi connectivity index (χ0) is 20.6. The Hall–Kier alpha value is -1.13. The van der Waals surface area contributed by atoms with Gasteiger partial charge in [0.05, 0.1) is 18.8 Å². The third kappa shape index (κ3) is 7.53. The van der Waals surface area contributed by atoms with Gasteiger partial charge in [-0.15, -0.1) is 35.3 Å². The fraction of sp³-hybridized carbons (Fsp3) is 0.636. The Kier molecular flexibility index (Phi) is 10.6. The fourth-order valence-electron chi connectivity index (χ4n) is 3.62. The Balaban J connectivity index is 0.00000320. The van der Waals surface area contributed by atoms with Gasteiger partial charge in [0.2, 0.25) is 5.89 Å². The topological polar surface area (TPSA) is 65.7 Å². The number of piperidine rings is 1. The van der Waals surface area contributed by atoms with Crippen molar-refractivity contribution >= 4 is 41.3 Å². The van der Waals surface area contributed by atoms with Gasteiger partial charge in [0.15, 0.2) is 5.96 Å². The molecular weight excluding hydrogens is 509 g/mol. The molecule has 1 aliphatic heterocycles. The Labute approximate surface area is 202 Å². The van der Waals surface area contributed by atoms with Gasteiger partial charge in [-0.05, 0) is 64.1 Å². The second-order valence-electron chi connectivity index (χ2n) is 7.99. The summed E-state index contributed by atoms with van der Waals surface area (Å²) in [4.78, 5) is 13.2. The summed E-state index contributed by atoms with van der Waals surface area (Å²) in [6, 6.07) is 4.31. The molecule has 1 aliphatic rings. The van der Waals surface area contributed by atoms with Crippen LogP contribution in [0, 0.1) is 19.8 Å². The van der Waals surface area contributed by atoms with Gasteiger partial charge < -0.3 is 15.1 Å². The fourth-order valence-corrected chi connectivity index (χ4v) is 4.40. The van der Waals surface area contributed by atoms with Gasteiger partial charge in [0.1, 0.15) is 5.76 Å². The largest absolute Gasteiger partial charge is 0.444 e. The number of hydrogen-bond donors (Lipinski definition) is 2. The zero-order valence-electron chi connectivity index (χ0n) is 18.6. The van der Waals surface area contributed by atoms with Crippen LogP contribution in [0.25, 0.3) is 0 Å². The van der Waals surface area contributed by atoms with Crippen molar-refractivity contribution in [3.63, 3.8) is 0 Å². The lowest BCUT2D eigenvalue weighted by Crippen LogP contribution is -2.43. The molecule has 1 saturated heterocycles. The molecule has 6 nitrogen and oxygen atoms in total. The number of halogens is 1. The highest BCUT2D eigenvalue weighted by molar-refractivity contribution is 14.0. The van der Waals surface area contributed by atoms with Gasteiger partial charge in [0, 0.05) is 23.9 Å². The van der Waals surface area contributed by atoms with E-state index in [0.717, 1.165) is 62.6 Å². The Morgan fingerprint density at radius 2 is 2.10 bits per heavy atom. The van der Waals surface area contributed by atoms with Gasteiger partial charge >= 0.3 is 0 Å². The number of aliphatic imine (C=N–C) groups is 1. The molecule has 2 aromatic heterocycles. The molecule has 8 heteroatoms. The van der Waals surface area contributed by atoms with Crippen LogP contribution in [-0.2, 0) is 6.54 Å². The number of likely N-dealkylation sites (tertiary alicyclic amines) is 1. The third-order valence-electron chi connectivity index (χ3n) is 5.59. The van der Waals surface area contributed by atoms with E-state index in [0.29, 0.717) is 11.8 Å². The van der Waals surface area contributed by atoms with Crippen LogP contribution in [0.4, 0.5) is 0 Å². The minimum Gasteiger partial charge on any atom is -0.444 e. The van der Waals surface area contributed by atoms with Crippen molar-refractivity contribution < 1.29 is 4.42 Å². The number of nitrogens with zero attached hydrogens (tertiary/aromatic N) is 3. The van der Waals surface area contributed by atoms with Crippen molar-refractivity contribution in [2.75, 3.05) is 32.7 Å². The van der Waals surface area contributed by atoms with E-state index in [1.54, 1.807) is 0 Å². The molecule has 0 aromatic carbocycles. The summed E-state index contributed by atoms with van der Waals surface area (Å²) in [5.74, 6) is 3.85. The average molecular weight is 546 g/mol. The van der Waals surface area contributed by atoms with Gasteiger partial charge in [0.25, 0.3) is 0 Å². The molecule has 0 amide bonds. The maximum absolute atomic E-state index is 5.73. The number of rotatable bonds is 8. The summed E-state index contributed by atoms with van der Waals surface area (Å²) in [6.45, 7) is 14.0. The highest BCUT2D eigenvalue weighted by Gasteiger charge is 2.21.